The third-order valence-electron chi connectivity index (χ3n) is 3.36. The molecule has 0 unspecified atom stereocenters. The van der Waals surface area contributed by atoms with Crippen LogP contribution in [-0.2, 0) is 26.3 Å². The van der Waals surface area contributed by atoms with Crippen LogP contribution < -0.4 is 29.6 Å². The van der Waals surface area contributed by atoms with E-state index >= 15 is 0 Å². The van der Waals surface area contributed by atoms with Crippen LogP contribution in [0.4, 0.5) is 13.2 Å². The molecule has 1 aromatic heterocycles. The largest absolute Gasteiger partial charge is 1.00 e. The topological polar surface area (TPSA) is 37.6 Å². The molecule has 1 heterocycles. The Hall–Kier alpha value is -1.63. The first-order chi connectivity index (χ1) is 12.5. The van der Waals surface area contributed by atoms with Crippen molar-refractivity contribution in [3.63, 3.8) is 0 Å². The summed E-state index contributed by atoms with van der Waals surface area (Å²) in [4.78, 5) is 4.25. The summed E-state index contributed by atoms with van der Waals surface area (Å²) in [6, 6.07) is 18.4. The second-order valence-corrected chi connectivity index (χ2v) is 5.20. The molecule has 0 atom stereocenters. The Kier molecular flexibility index (Phi) is 9.93. The van der Waals surface area contributed by atoms with Gasteiger partial charge in [-0.05, 0) is 24.2 Å². The van der Waals surface area contributed by atoms with Gasteiger partial charge < -0.3 is 4.98 Å². The summed E-state index contributed by atoms with van der Waals surface area (Å²) in [6.45, 7) is 0. The molecule has 0 N–H and O–H groups in total. The number of rotatable bonds is 4. The van der Waals surface area contributed by atoms with E-state index in [-0.39, 0.29) is 49.7 Å². The Bertz CT molecular complexity index is 927. The maximum Gasteiger partial charge on any atom is 1.00 e. The normalized spacial score (nSPS) is 11.2. The molecule has 0 amide bonds. The molecule has 0 saturated heterocycles. The van der Waals surface area contributed by atoms with Crippen LogP contribution in [0.1, 0.15) is 16.7 Å². The molecule has 28 heavy (non-hydrogen) atoms. The van der Waals surface area contributed by atoms with Crippen LogP contribution in [0.15, 0.2) is 77.1 Å². The molecule has 3 nitrogen and oxygen atoms in total. The zero-order chi connectivity index (χ0) is 18.4. The second kappa shape index (κ2) is 11.4. The predicted octanol–water partition coefficient (Wildman–Crippen LogP) is 1.78. The fraction of sp³-hybridized carbons (Fsp3) is 0.0500. The van der Waals surface area contributed by atoms with Crippen LogP contribution >= 0.6 is 0 Å². The van der Waals surface area contributed by atoms with Crippen LogP contribution in [0.2, 0.25) is 0 Å². The summed E-state index contributed by atoms with van der Waals surface area (Å²) in [5.74, 6) is 0. The molecule has 2 aromatic carbocycles. The number of pyridine rings is 1. The standard InChI is InChI=1S/C20H11F3N3.Ir.Na/c21-20(22,23)18-9-7-15(8-10-18)13-25-26-14-16-4-3-5-17(12-16)19-6-1-2-11-24-19;;/h1-4,6-12H;;/q-3;;+1. The van der Waals surface area contributed by atoms with E-state index in [0.29, 0.717) is 11.1 Å². The Balaban J connectivity index is 0.00000196. The molecule has 0 fully saturated rings. The summed E-state index contributed by atoms with van der Waals surface area (Å²) in [7, 11) is 0. The number of hydrogen-bond donors (Lipinski definition) is 0. The molecule has 139 valence electrons. The van der Waals surface area contributed by atoms with Gasteiger partial charge in [-0.25, -0.2) is 10.2 Å². The smallest absolute Gasteiger partial charge is 0.305 e. The van der Waals surface area contributed by atoms with E-state index in [9.17, 15) is 13.2 Å². The Morgan fingerprint density at radius 2 is 1.57 bits per heavy atom. The summed E-state index contributed by atoms with van der Waals surface area (Å²) in [5, 5.41) is 7.44. The molecule has 0 aliphatic heterocycles. The summed E-state index contributed by atoms with van der Waals surface area (Å²) in [5.41, 5.74) is 1.90. The Morgan fingerprint density at radius 3 is 2.18 bits per heavy atom. The third kappa shape index (κ3) is 7.08. The monoisotopic (exact) mass is 566 g/mol. The summed E-state index contributed by atoms with van der Waals surface area (Å²) < 4.78 is 37.5. The quantitative estimate of drug-likeness (QED) is 0.206. The van der Waals surface area contributed by atoms with Crippen LogP contribution in [0, 0.1) is 6.07 Å². The van der Waals surface area contributed by atoms with Gasteiger partial charge in [-0.1, -0.05) is 12.1 Å². The first-order valence-corrected chi connectivity index (χ1v) is 7.54. The molecule has 0 saturated carbocycles. The third-order valence-corrected chi connectivity index (χ3v) is 3.36. The molecule has 8 heteroatoms. The van der Waals surface area contributed by atoms with Crippen LogP contribution in [0.25, 0.3) is 11.3 Å². The van der Waals surface area contributed by atoms with Crippen molar-refractivity contribution in [3.8, 4) is 11.3 Å². The molecular weight excluding hydrogens is 554 g/mol. The van der Waals surface area contributed by atoms with Gasteiger partial charge >= 0.3 is 35.7 Å². The molecule has 0 aliphatic rings. The number of benzene rings is 2. The van der Waals surface area contributed by atoms with Gasteiger partial charge in [0.1, 0.15) is 0 Å². The van der Waals surface area contributed by atoms with E-state index in [2.05, 4.69) is 33.7 Å². The van der Waals surface area contributed by atoms with Gasteiger partial charge in [0, 0.05) is 31.9 Å². The average Bonchev–Trinajstić information content (AvgIpc) is 2.66. The van der Waals surface area contributed by atoms with Gasteiger partial charge in [-0.2, -0.15) is 30.9 Å². The molecule has 3 aromatic rings. The van der Waals surface area contributed by atoms with Gasteiger partial charge in [-0.15, -0.1) is 47.5 Å². The maximum atomic E-state index is 12.5. The Morgan fingerprint density at radius 1 is 0.893 bits per heavy atom. The van der Waals surface area contributed by atoms with Crippen LogP contribution in [0.5, 0.6) is 0 Å². The van der Waals surface area contributed by atoms with Crippen molar-refractivity contribution in [1.82, 2.24) is 4.98 Å². The minimum atomic E-state index is -4.36. The molecule has 0 spiro atoms. The fourth-order valence-electron chi connectivity index (χ4n) is 2.11. The number of alkyl halides is 3. The summed E-state index contributed by atoms with van der Waals surface area (Å²) in [6.07, 6.45) is 2.60. The van der Waals surface area contributed by atoms with E-state index in [1.165, 1.54) is 12.1 Å². The number of aromatic nitrogens is 1. The SMILES string of the molecule is FC(F)(F)c1ccc([C-]=NN=[C-]c2cc[c-]c(-c3ccccn3)c2)cc1.[Ir].[Na+]. The zero-order valence-corrected chi connectivity index (χ0v) is 19.1. The predicted molar refractivity (Wildman–Crippen MR) is 93.0 cm³/mol. The van der Waals surface area contributed by atoms with E-state index in [0.717, 1.165) is 23.4 Å². The van der Waals surface area contributed by atoms with Gasteiger partial charge in [-0.3, -0.25) is 0 Å². The van der Waals surface area contributed by atoms with Gasteiger partial charge in [0.05, 0.1) is 0 Å². The Labute approximate surface area is 196 Å². The molecule has 0 bridgehead atoms. The van der Waals surface area contributed by atoms with Crippen molar-refractivity contribution < 1.29 is 62.8 Å². The van der Waals surface area contributed by atoms with Gasteiger partial charge in [0.15, 0.2) is 0 Å². The average molecular weight is 566 g/mol. The van der Waals surface area contributed by atoms with Crippen molar-refractivity contribution in [2.75, 3.05) is 0 Å². The minimum Gasteiger partial charge on any atom is -0.305 e. The van der Waals surface area contributed by atoms with E-state index in [1.807, 2.05) is 18.2 Å². The van der Waals surface area contributed by atoms with Crippen molar-refractivity contribution >= 4 is 12.4 Å². The van der Waals surface area contributed by atoms with Crippen LogP contribution in [-0.4, -0.2) is 17.4 Å². The van der Waals surface area contributed by atoms with E-state index < -0.39 is 11.7 Å². The zero-order valence-electron chi connectivity index (χ0n) is 14.7. The van der Waals surface area contributed by atoms with E-state index in [4.69, 9.17) is 0 Å². The van der Waals surface area contributed by atoms with Crippen molar-refractivity contribution in [2.24, 2.45) is 10.2 Å². The number of hydrogen-bond acceptors (Lipinski definition) is 3. The maximum absolute atomic E-state index is 12.5. The number of nitrogens with zero attached hydrogens (tertiary/aromatic N) is 3. The fourth-order valence-corrected chi connectivity index (χ4v) is 2.11. The van der Waals surface area contributed by atoms with Crippen molar-refractivity contribution in [3.05, 3.63) is 89.6 Å². The van der Waals surface area contributed by atoms with Crippen molar-refractivity contribution in [1.29, 1.82) is 0 Å². The minimum absolute atomic E-state index is 0. The van der Waals surface area contributed by atoms with Crippen LogP contribution in [0.3, 0.4) is 0 Å². The second-order valence-electron chi connectivity index (χ2n) is 5.20. The summed E-state index contributed by atoms with van der Waals surface area (Å²) >= 11 is 0. The molecular formula is C20H11F3IrN3Na-2. The molecule has 3 rings (SSSR count). The first-order valence-electron chi connectivity index (χ1n) is 7.54. The molecule has 1 radical (unpaired) electrons. The first kappa shape index (κ1) is 24.4. The van der Waals surface area contributed by atoms with Gasteiger partial charge in [0.2, 0.25) is 0 Å². The van der Waals surface area contributed by atoms with Crippen molar-refractivity contribution in [2.45, 2.75) is 6.18 Å². The van der Waals surface area contributed by atoms with Gasteiger partial charge in [0.25, 0.3) is 0 Å². The van der Waals surface area contributed by atoms with E-state index in [1.54, 1.807) is 24.4 Å². The molecule has 0 aliphatic carbocycles. The number of halogens is 3.